The van der Waals surface area contributed by atoms with Crippen LogP contribution >= 0.6 is 10.7 Å². The summed E-state index contributed by atoms with van der Waals surface area (Å²) >= 11 is 0. The van der Waals surface area contributed by atoms with Gasteiger partial charge in [-0.2, -0.15) is 0 Å². The van der Waals surface area contributed by atoms with E-state index < -0.39 is 13.8 Å². The van der Waals surface area contributed by atoms with E-state index in [1.807, 2.05) is 0 Å². The van der Waals surface area contributed by atoms with Crippen LogP contribution in [-0.2, 0) is 9.05 Å². The normalized spacial score (nSPS) is 36.8. The molecule has 0 aromatic heterocycles. The average Bonchev–Trinajstić information content (AvgIpc) is 2.63. The zero-order valence-corrected chi connectivity index (χ0v) is 9.37. The molecule has 0 atom stereocenters. The molecule has 0 aliphatic heterocycles. The SMILES string of the molecule is CC1CC(CC2(S(=O)(=O)Cl)CC2)C1. The van der Waals surface area contributed by atoms with E-state index in [1.165, 1.54) is 12.8 Å². The third-order valence-electron chi connectivity index (χ3n) is 3.46. The first-order valence-corrected chi connectivity index (χ1v) is 7.18. The van der Waals surface area contributed by atoms with E-state index in [4.69, 9.17) is 10.7 Å². The molecule has 13 heavy (non-hydrogen) atoms. The van der Waals surface area contributed by atoms with Crippen molar-refractivity contribution in [2.75, 3.05) is 0 Å². The van der Waals surface area contributed by atoms with Gasteiger partial charge in [0.05, 0.1) is 4.75 Å². The first-order chi connectivity index (χ1) is 5.93. The Labute approximate surface area is 84.1 Å². The minimum Gasteiger partial charge on any atom is -0.212 e. The highest BCUT2D eigenvalue weighted by atomic mass is 35.7. The zero-order chi connectivity index (χ0) is 9.69. The van der Waals surface area contributed by atoms with Gasteiger partial charge in [-0.1, -0.05) is 6.92 Å². The molecule has 2 aliphatic carbocycles. The van der Waals surface area contributed by atoms with Crippen molar-refractivity contribution in [1.29, 1.82) is 0 Å². The standard InChI is InChI=1S/C9H15ClO2S/c1-7-4-8(5-7)6-9(2-3-9)13(10,11)12/h7-8H,2-6H2,1H3. The molecule has 2 rings (SSSR count). The summed E-state index contributed by atoms with van der Waals surface area (Å²) in [4.78, 5) is 0. The number of hydrogen-bond acceptors (Lipinski definition) is 2. The Morgan fingerprint density at radius 3 is 2.23 bits per heavy atom. The molecule has 0 radical (unpaired) electrons. The lowest BCUT2D eigenvalue weighted by atomic mass is 9.73. The number of hydrogen-bond donors (Lipinski definition) is 0. The van der Waals surface area contributed by atoms with Gasteiger partial charge in [0.25, 0.3) is 0 Å². The Bertz CT molecular complexity index is 300. The zero-order valence-electron chi connectivity index (χ0n) is 7.79. The molecular weight excluding hydrogens is 208 g/mol. The maximum atomic E-state index is 11.2. The van der Waals surface area contributed by atoms with Crippen LogP contribution in [0.15, 0.2) is 0 Å². The number of rotatable bonds is 3. The Balaban J connectivity index is 1.95. The Morgan fingerprint density at radius 2 is 1.92 bits per heavy atom. The van der Waals surface area contributed by atoms with Crippen LogP contribution in [0.5, 0.6) is 0 Å². The molecule has 0 saturated heterocycles. The highest BCUT2D eigenvalue weighted by Gasteiger charge is 2.55. The lowest BCUT2D eigenvalue weighted by molar-refractivity contribution is 0.195. The molecule has 0 N–H and O–H groups in total. The molecule has 0 amide bonds. The van der Waals surface area contributed by atoms with Crippen LogP contribution in [0.2, 0.25) is 0 Å². The fourth-order valence-corrected chi connectivity index (χ4v) is 4.13. The monoisotopic (exact) mass is 222 g/mol. The highest BCUT2D eigenvalue weighted by molar-refractivity contribution is 8.15. The van der Waals surface area contributed by atoms with Crippen molar-refractivity contribution >= 4 is 19.7 Å². The summed E-state index contributed by atoms with van der Waals surface area (Å²) in [5, 5.41) is 0. The molecule has 2 fully saturated rings. The molecule has 76 valence electrons. The molecule has 0 aromatic rings. The van der Waals surface area contributed by atoms with E-state index >= 15 is 0 Å². The molecule has 0 unspecified atom stereocenters. The Kier molecular flexibility index (Phi) is 2.15. The van der Waals surface area contributed by atoms with Gasteiger partial charge >= 0.3 is 0 Å². The maximum absolute atomic E-state index is 11.2. The van der Waals surface area contributed by atoms with Gasteiger partial charge in [-0.15, -0.1) is 0 Å². The largest absolute Gasteiger partial charge is 0.238 e. The van der Waals surface area contributed by atoms with Gasteiger partial charge in [-0.25, -0.2) is 8.42 Å². The van der Waals surface area contributed by atoms with Gasteiger partial charge in [0, 0.05) is 10.7 Å². The second kappa shape index (κ2) is 2.86. The predicted octanol–water partition coefficient (Wildman–Crippen LogP) is 2.52. The van der Waals surface area contributed by atoms with Gasteiger partial charge in [0.1, 0.15) is 0 Å². The predicted molar refractivity (Wildman–Crippen MR) is 53.2 cm³/mol. The summed E-state index contributed by atoms with van der Waals surface area (Å²) in [6, 6.07) is 0. The van der Waals surface area contributed by atoms with E-state index in [9.17, 15) is 8.42 Å². The van der Waals surface area contributed by atoms with Crippen LogP contribution in [0.4, 0.5) is 0 Å². The average molecular weight is 223 g/mol. The maximum Gasteiger partial charge on any atom is 0.238 e. The van der Waals surface area contributed by atoms with Gasteiger partial charge in [0.2, 0.25) is 9.05 Å². The van der Waals surface area contributed by atoms with Crippen LogP contribution in [-0.4, -0.2) is 13.2 Å². The van der Waals surface area contributed by atoms with Gasteiger partial charge in [0.15, 0.2) is 0 Å². The summed E-state index contributed by atoms with van der Waals surface area (Å²) < 4.78 is 22.0. The molecule has 2 nitrogen and oxygen atoms in total. The molecule has 2 aliphatic rings. The van der Waals surface area contributed by atoms with Crippen LogP contribution in [0.25, 0.3) is 0 Å². The fourth-order valence-electron chi connectivity index (χ4n) is 2.45. The molecule has 4 heteroatoms. The molecular formula is C9H15ClO2S. The van der Waals surface area contributed by atoms with E-state index in [1.54, 1.807) is 0 Å². The van der Waals surface area contributed by atoms with Crippen LogP contribution in [0.1, 0.15) is 39.0 Å². The first kappa shape index (κ1) is 9.78. The van der Waals surface area contributed by atoms with Crippen molar-refractivity contribution in [2.24, 2.45) is 11.8 Å². The van der Waals surface area contributed by atoms with E-state index in [0.29, 0.717) is 5.92 Å². The fraction of sp³-hybridized carbons (Fsp3) is 1.00. The molecule has 0 spiro atoms. The van der Waals surface area contributed by atoms with Crippen molar-refractivity contribution < 1.29 is 8.42 Å². The van der Waals surface area contributed by atoms with Gasteiger partial charge in [-0.05, 0) is 43.9 Å². The quantitative estimate of drug-likeness (QED) is 0.688. The topological polar surface area (TPSA) is 34.1 Å². The Morgan fingerprint density at radius 1 is 1.38 bits per heavy atom. The van der Waals surface area contributed by atoms with Crippen molar-refractivity contribution in [3.05, 3.63) is 0 Å². The molecule has 0 heterocycles. The summed E-state index contributed by atoms with van der Waals surface area (Å²) in [5.74, 6) is 1.41. The van der Waals surface area contributed by atoms with Crippen molar-refractivity contribution in [1.82, 2.24) is 0 Å². The van der Waals surface area contributed by atoms with Crippen molar-refractivity contribution in [3.8, 4) is 0 Å². The van der Waals surface area contributed by atoms with Gasteiger partial charge in [-0.3, -0.25) is 0 Å². The third-order valence-corrected chi connectivity index (χ3v) is 6.05. The minimum atomic E-state index is -3.31. The smallest absolute Gasteiger partial charge is 0.212 e. The van der Waals surface area contributed by atoms with Crippen LogP contribution < -0.4 is 0 Å². The third kappa shape index (κ3) is 1.73. The number of halogens is 1. The van der Waals surface area contributed by atoms with Crippen molar-refractivity contribution in [2.45, 2.75) is 43.8 Å². The Hall–Kier alpha value is 0.240. The molecule has 0 aromatic carbocycles. The summed E-state index contributed by atoms with van der Waals surface area (Å²) in [7, 11) is 2.11. The summed E-state index contributed by atoms with van der Waals surface area (Å²) in [6.07, 6.45) is 4.75. The summed E-state index contributed by atoms with van der Waals surface area (Å²) in [6.45, 7) is 2.21. The van der Waals surface area contributed by atoms with Crippen LogP contribution in [0.3, 0.4) is 0 Å². The minimum absolute atomic E-state index is 0.515. The van der Waals surface area contributed by atoms with Gasteiger partial charge < -0.3 is 0 Å². The summed E-state index contributed by atoms with van der Waals surface area (Å²) in [5.41, 5.74) is 0. The second-order valence-corrected chi connectivity index (χ2v) is 7.73. The molecule has 0 bridgehead atoms. The lowest BCUT2D eigenvalue weighted by Gasteiger charge is -2.34. The van der Waals surface area contributed by atoms with Crippen LogP contribution in [0, 0.1) is 11.8 Å². The first-order valence-electron chi connectivity index (χ1n) is 4.87. The molecule has 2 saturated carbocycles. The van der Waals surface area contributed by atoms with E-state index in [-0.39, 0.29) is 0 Å². The van der Waals surface area contributed by atoms with E-state index in [0.717, 1.165) is 25.2 Å². The highest BCUT2D eigenvalue weighted by Crippen LogP contribution is 2.53. The second-order valence-electron chi connectivity index (χ2n) is 4.77. The van der Waals surface area contributed by atoms with E-state index in [2.05, 4.69) is 6.92 Å². The van der Waals surface area contributed by atoms with Crippen molar-refractivity contribution in [3.63, 3.8) is 0 Å². The lowest BCUT2D eigenvalue weighted by Crippen LogP contribution is -2.29.